The molecule has 0 aliphatic rings. The Bertz CT molecular complexity index is 996. The number of nitrogens with zero attached hydrogens (tertiary/aromatic N) is 2. The fourth-order valence-electron chi connectivity index (χ4n) is 2.50. The van der Waals surface area contributed by atoms with E-state index in [1.165, 1.54) is 0 Å². The van der Waals surface area contributed by atoms with E-state index < -0.39 is 0 Å². The van der Waals surface area contributed by atoms with Gasteiger partial charge >= 0.3 is 0 Å². The predicted octanol–water partition coefficient (Wildman–Crippen LogP) is 5.18. The summed E-state index contributed by atoms with van der Waals surface area (Å²) in [6.45, 7) is 0. The molecule has 0 spiro atoms. The van der Waals surface area contributed by atoms with Gasteiger partial charge in [-0.05, 0) is 35.9 Å². The number of ether oxygens (including phenoxy) is 1. The zero-order chi connectivity index (χ0) is 18.0. The maximum Gasteiger partial charge on any atom is 0.142 e. The number of anilines is 1. The van der Waals surface area contributed by atoms with Gasteiger partial charge in [-0.3, -0.25) is 0 Å². The van der Waals surface area contributed by atoms with Crippen LogP contribution in [-0.2, 0) is 0 Å². The Morgan fingerprint density at radius 1 is 1.04 bits per heavy atom. The topological polar surface area (TPSA) is 71.9 Å². The van der Waals surface area contributed by atoms with E-state index in [2.05, 4.69) is 11.1 Å². The minimum absolute atomic E-state index is 0.156. The lowest BCUT2D eigenvalue weighted by atomic mass is 9.98. The molecule has 25 heavy (non-hydrogen) atoms. The van der Waals surface area contributed by atoms with E-state index in [9.17, 15) is 5.26 Å². The number of methoxy groups -OCH3 is 1. The molecule has 0 saturated carbocycles. The van der Waals surface area contributed by atoms with Crippen LogP contribution >= 0.6 is 23.2 Å². The molecule has 124 valence electrons. The summed E-state index contributed by atoms with van der Waals surface area (Å²) in [4.78, 5) is 4.36. The summed E-state index contributed by atoms with van der Waals surface area (Å²) in [5.74, 6) is 0.863. The van der Waals surface area contributed by atoms with Gasteiger partial charge in [-0.1, -0.05) is 41.4 Å². The number of nitrogens with two attached hydrogens (primary N) is 1. The SMILES string of the molecule is COc1cccc(-c2cc(-c3ccc(Cl)c(Cl)c3)c(C#N)c(N)n2)c1. The lowest BCUT2D eigenvalue weighted by Crippen LogP contribution is -2.00. The van der Waals surface area contributed by atoms with Crippen LogP contribution in [0.5, 0.6) is 5.75 Å². The Kier molecular flexibility index (Phi) is 4.80. The number of rotatable bonds is 3. The molecule has 0 amide bonds. The number of pyridine rings is 1. The maximum absolute atomic E-state index is 9.48. The van der Waals surface area contributed by atoms with Crippen molar-refractivity contribution in [3.8, 4) is 34.2 Å². The molecule has 1 aromatic heterocycles. The highest BCUT2D eigenvalue weighted by atomic mass is 35.5. The first kappa shape index (κ1) is 17.1. The Hall–Kier alpha value is -2.74. The van der Waals surface area contributed by atoms with Crippen LogP contribution in [0.15, 0.2) is 48.5 Å². The van der Waals surface area contributed by atoms with Crippen molar-refractivity contribution in [1.82, 2.24) is 4.98 Å². The van der Waals surface area contributed by atoms with Gasteiger partial charge in [0.25, 0.3) is 0 Å². The smallest absolute Gasteiger partial charge is 0.142 e. The molecular weight excluding hydrogens is 357 g/mol. The zero-order valence-corrected chi connectivity index (χ0v) is 14.8. The van der Waals surface area contributed by atoms with E-state index in [0.717, 1.165) is 11.1 Å². The normalized spacial score (nSPS) is 10.3. The number of aromatic nitrogens is 1. The first-order chi connectivity index (χ1) is 12.0. The lowest BCUT2D eigenvalue weighted by Gasteiger charge is -2.11. The summed E-state index contributed by atoms with van der Waals surface area (Å²) >= 11 is 12.1. The van der Waals surface area contributed by atoms with Gasteiger partial charge in [-0.2, -0.15) is 5.26 Å². The van der Waals surface area contributed by atoms with Crippen molar-refractivity contribution in [2.45, 2.75) is 0 Å². The van der Waals surface area contributed by atoms with E-state index in [1.807, 2.05) is 30.3 Å². The molecule has 3 rings (SSSR count). The van der Waals surface area contributed by atoms with Crippen molar-refractivity contribution in [3.05, 3.63) is 64.1 Å². The van der Waals surface area contributed by atoms with Crippen molar-refractivity contribution in [1.29, 1.82) is 5.26 Å². The Labute approximate surface area is 155 Å². The van der Waals surface area contributed by atoms with Crippen LogP contribution in [0.2, 0.25) is 10.0 Å². The summed E-state index contributed by atoms with van der Waals surface area (Å²) in [7, 11) is 1.60. The molecular formula is C19H13Cl2N3O. The average Bonchev–Trinajstić information content (AvgIpc) is 2.63. The fraction of sp³-hybridized carbons (Fsp3) is 0.0526. The van der Waals surface area contributed by atoms with Gasteiger partial charge in [0.05, 0.1) is 22.8 Å². The van der Waals surface area contributed by atoms with Crippen molar-refractivity contribution in [2.75, 3.05) is 12.8 Å². The van der Waals surface area contributed by atoms with E-state index >= 15 is 0 Å². The van der Waals surface area contributed by atoms with Crippen molar-refractivity contribution < 1.29 is 4.74 Å². The Morgan fingerprint density at radius 3 is 2.52 bits per heavy atom. The number of benzene rings is 2. The molecule has 0 atom stereocenters. The van der Waals surface area contributed by atoms with Crippen LogP contribution in [0.3, 0.4) is 0 Å². The van der Waals surface area contributed by atoms with Gasteiger partial charge in [0.15, 0.2) is 0 Å². The molecule has 0 radical (unpaired) electrons. The largest absolute Gasteiger partial charge is 0.497 e. The summed E-state index contributed by atoms with van der Waals surface area (Å²) in [6, 6.07) is 16.6. The standard InChI is InChI=1S/C19H13Cl2N3O/c1-25-13-4-2-3-12(7-13)18-9-14(15(10-22)19(23)24-18)11-5-6-16(20)17(21)8-11/h2-9H,1H3,(H2,23,24). The molecule has 0 aliphatic carbocycles. The first-order valence-electron chi connectivity index (χ1n) is 7.34. The monoisotopic (exact) mass is 369 g/mol. The minimum atomic E-state index is 0.156. The van der Waals surface area contributed by atoms with E-state index in [1.54, 1.807) is 25.3 Å². The van der Waals surface area contributed by atoms with Crippen molar-refractivity contribution in [3.63, 3.8) is 0 Å². The average molecular weight is 370 g/mol. The maximum atomic E-state index is 9.48. The molecule has 2 aromatic carbocycles. The van der Waals surface area contributed by atoms with E-state index in [4.69, 9.17) is 33.7 Å². The van der Waals surface area contributed by atoms with Crippen molar-refractivity contribution in [2.24, 2.45) is 0 Å². The fourth-order valence-corrected chi connectivity index (χ4v) is 2.80. The number of halogens is 2. The lowest BCUT2D eigenvalue weighted by molar-refractivity contribution is 0.415. The third-order valence-corrected chi connectivity index (χ3v) is 4.49. The highest BCUT2D eigenvalue weighted by Gasteiger charge is 2.14. The van der Waals surface area contributed by atoms with E-state index in [-0.39, 0.29) is 5.82 Å². The van der Waals surface area contributed by atoms with Crippen molar-refractivity contribution >= 4 is 29.0 Å². The highest BCUT2D eigenvalue weighted by Crippen LogP contribution is 2.34. The molecule has 6 heteroatoms. The first-order valence-corrected chi connectivity index (χ1v) is 8.09. The summed E-state index contributed by atoms with van der Waals surface area (Å²) in [5.41, 5.74) is 9.17. The summed E-state index contributed by atoms with van der Waals surface area (Å²) in [6.07, 6.45) is 0. The zero-order valence-electron chi connectivity index (χ0n) is 13.3. The van der Waals surface area contributed by atoms with Crippen LogP contribution in [0, 0.1) is 11.3 Å². The number of nitrogen functional groups attached to an aromatic ring is 1. The molecule has 0 saturated heterocycles. The molecule has 0 aliphatic heterocycles. The Balaban J connectivity index is 2.22. The van der Waals surface area contributed by atoms with Crippen LogP contribution < -0.4 is 10.5 Å². The highest BCUT2D eigenvalue weighted by molar-refractivity contribution is 6.42. The van der Waals surface area contributed by atoms with E-state index in [0.29, 0.717) is 32.6 Å². The number of nitriles is 1. The quantitative estimate of drug-likeness (QED) is 0.689. The molecule has 0 bridgehead atoms. The van der Waals surface area contributed by atoms with Gasteiger partial charge in [0.1, 0.15) is 23.2 Å². The summed E-state index contributed by atoms with van der Waals surface area (Å²) < 4.78 is 5.25. The second-order valence-electron chi connectivity index (χ2n) is 5.29. The molecule has 0 fully saturated rings. The van der Waals surface area contributed by atoms with Gasteiger partial charge < -0.3 is 10.5 Å². The minimum Gasteiger partial charge on any atom is -0.497 e. The molecule has 2 N–H and O–H groups in total. The van der Waals surface area contributed by atoms with Gasteiger partial charge in [-0.25, -0.2) is 4.98 Å². The van der Waals surface area contributed by atoms with Crippen LogP contribution in [0.25, 0.3) is 22.4 Å². The number of hydrogen-bond acceptors (Lipinski definition) is 4. The third kappa shape index (κ3) is 3.39. The molecule has 3 aromatic rings. The second-order valence-corrected chi connectivity index (χ2v) is 6.10. The molecule has 4 nitrogen and oxygen atoms in total. The molecule has 1 heterocycles. The van der Waals surface area contributed by atoms with Crippen LogP contribution in [-0.4, -0.2) is 12.1 Å². The van der Waals surface area contributed by atoms with Gasteiger partial charge in [-0.15, -0.1) is 0 Å². The Morgan fingerprint density at radius 2 is 1.84 bits per heavy atom. The predicted molar refractivity (Wildman–Crippen MR) is 101 cm³/mol. The number of hydrogen-bond donors (Lipinski definition) is 1. The van der Waals surface area contributed by atoms with Crippen LogP contribution in [0.4, 0.5) is 5.82 Å². The van der Waals surface area contributed by atoms with Gasteiger partial charge in [0, 0.05) is 11.1 Å². The second kappa shape index (κ2) is 7.02. The molecule has 0 unspecified atom stereocenters. The third-order valence-electron chi connectivity index (χ3n) is 3.76. The van der Waals surface area contributed by atoms with Gasteiger partial charge in [0.2, 0.25) is 0 Å². The van der Waals surface area contributed by atoms with Crippen LogP contribution in [0.1, 0.15) is 5.56 Å². The summed E-state index contributed by atoms with van der Waals surface area (Å²) in [5, 5.41) is 10.3.